The summed E-state index contributed by atoms with van der Waals surface area (Å²) in [6.07, 6.45) is 0. The summed E-state index contributed by atoms with van der Waals surface area (Å²) in [4.78, 5) is 15.6. The minimum Gasteiger partial charge on any atom is -0.464 e. The number of ether oxygens (including phenoxy) is 1. The Bertz CT molecular complexity index is 692. The summed E-state index contributed by atoms with van der Waals surface area (Å²) in [7, 11) is 1.21. The van der Waals surface area contributed by atoms with E-state index in [0.29, 0.717) is 0 Å². The van der Waals surface area contributed by atoms with Crippen molar-refractivity contribution in [3.8, 4) is 11.3 Å². The number of halogens is 2. The van der Waals surface area contributed by atoms with Gasteiger partial charge in [-0.2, -0.15) is 0 Å². The Morgan fingerprint density at radius 2 is 2.00 bits per heavy atom. The van der Waals surface area contributed by atoms with E-state index in [1.165, 1.54) is 25.3 Å². The first-order valence-corrected chi connectivity index (χ1v) is 5.92. The van der Waals surface area contributed by atoms with Gasteiger partial charge in [-0.1, -0.05) is 11.6 Å². The van der Waals surface area contributed by atoms with Crippen molar-refractivity contribution in [1.29, 1.82) is 0 Å². The van der Waals surface area contributed by atoms with Crippen molar-refractivity contribution in [2.45, 2.75) is 0 Å². The highest BCUT2D eigenvalue weighted by atomic mass is 35.5. The summed E-state index contributed by atoms with van der Waals surface area (Å²) in [6.45, 7) is 0. The SMILES string of the molecule is COC(=O)c1nc(-c2c(N)ccc(F)c2N)ccc1Cl. The molecule has 2 aromatic rings. The van der Waals surface area contributed by atoms with E-state index in [1.54, 1.807) is 0 Å². The fourth-order valence-electron chi connectivity index (χ4n) is 1.72. The van der Waals surface area contributed by atoms with Crippen LogP contribution in [0.15, 0.2) is 24.3 Å². The fraction of sp³-hybridized carbons (Fsp3) is 0.0769. The Labute approximate surface area is 119 Å². The van der Waals surface area contributed by atoms with E-state index in [2.05, 4.69) is 9.72 Å². The summed E-state index contributed by atoms with van der Waals surface area (Å²) in [6, 6.07) is 5.47. The van der Waals surface area contributed by atoms with Crippen molar-refractivity contribution in [3.05, 3.63) is 40.8 Å². The molecule has 1 aromatic heterocycles. The number of hydrogen-bond donors (Lipinski definition) is 2. The largest absolute Gasteiger partial charge is 0.464 e. The quantitative estimate of drug-likeness (QED) is 0.656. The zero-order chi connectivity index (χ0) is 14.9. The Hall–Kier alpha value is -2.34. The topological polar surface area (TPSA) is 91.2 Å². The minimum atomic E-state index is -0.703. The number of methoxy groups -OCH3 is 1. The number of carbonyl (C=O) groups is 1. The Kier molecular flexibility index (Phi) is 3.76. The molecule has 5 nitrogen and oxygen atoms in total. The normalized spacial score (nSPS) is 10.3. The molecular weight excluding hydrogens is 285 g/mol. The number of benzene rings is 1. The van der Waals surface area contributed by atoms with Gasteiger partial charge in [0.25, 0.3) is 0 Å². The predicted molar refractivity (Wildman–Crippen MR) is 74.8 cm³/mol. The molecule has 0 amide bonds. The van der Waals surface area contributed by atoms with Crippen LogP contribution in [-0.2, 0) is 4.74 Å². The lowest BCUT2D eigenvalue weighted by molar-refractivity contribution is 0.0594. The molecule has 0 spiro atoms. The predicted octanol–water partition coefficient (Wildman–Crippen LogP) is 2.49. The van der Waals surface area contributed by atoms with Crippen LogP contribution in [-0.4, -0.2) is 18.1 Å². The van der Waals surface area contributed by atoms with Crippen molar-refractivity contribution in [3.63, 3.8) is 0 Å². The number of nitrogens with two attached hydrogens (primary N) is 2. The van der Waals surface area contributed by atoms with Crippen molar-refractivity contribution in [1.82, 2.24) is 4.98 Å². The third-order valence-corrected chi connectivity index (χ3v) is 3.01. The molecule has 0 unspecified atom stereocenters. The molecule has 0 aliphatic carbocycles. The molecule has 0 fully saturated rings. The van der Waals surface area contributed by atoms with E-state index in [9.17, 15) is 9.18 Å². The van der Waals surface area contributed by atoms with E-state index in [4.69, 9.17) is 23.1 Å². The van der Waals surface area contributed by atoms with Crippen LogP contribution in [0.1, 0.15) is 10.5 Å². The van der Waals surface area contributed by atoms with Gasteiger partial charge in [-0.15, -0.1) is 0 Å². The van der Waals surface area contributed by atoms with Crippen LogP contribution in [0.2, 0.25) is 5.02 Å². The fourth-order valence-corrected chi connectivity index (χ4v) is 1.90. The van der Waals surface area contributed by atoms with Crippen LogP contribution in [0.25, 0.3) is 11.3 Å². The van der Waals surface area contributed by atoms with Crippen LogP contribution < -0.4 is 11.5 Å². The minimum absolute atomic E-state index is 0.0882. The summed E-state index contributed by atoms with van der Waals surface area (Å²) >= 11 is 5.87. The molecule has 0 bridgehead atoms. The molecule has 0 saturated heterocycles. The van der Waals surface area contributed by atoms with Gasteiger partial charge in [0, 0.05) is 11.3 Å². The number of hydrogen-bond acceptors (Lipinski definition) is 5. The van der Waals surface area contributed by atoms with E-state index in [1.807, 2.05) is 0 Å². The van der Waals surface area contributed by atoms with Gasteiger partial charge < -0.3 is 16.2 Å². The maximum absolute atomic E-state index is 13.5. The molecule has 0 radical (unpaired) electrons. The smallest absolute Gasteiger partial charge is 0.358 e. The average molecular weight is 296 g/mol. The van der Waals surface area contributed by atoms with Gasteiger partial charge in [-0.25, -0.2) is 14.2 Å². The number of carbonyl (C=O) groups excluding carboxylic acids is 1. The average Bonchev–Trinajstić information content (AvgIpc) is 2.44. The second kappa shape index (κ2) is 5.34. The number of aromatic nitrogens is 1. The second-order valence-electron chi connectivity index (χ2n) is 3.94. The zero-order valence-electron chi connectivity index (χ0n) is 10.5. The van der Waals surface area contributed by atoms with Crippen LogP contribution in [0.4, 0.5) is 15.8 Å². The van der Waals surface area contributed by atoms with E-state index in [0.717, 1.165) is 6.07 Å². The molecule has 1 aromatic carbocycles. The molecular formula is C13H11ClFN3O2. The Balaban J connectivity index is 2.66. The highest BCUT2D eigenvalue weighted by Crippen LogP contribution is 2.33. The third kappa shape index (κ3) is 2.37. The van der Waals surface area contributed by atoms with Crippen molar-refractivity contribution < 1.29 is 13.9 Å². The van der Waals surface area contributed by atoms with Gasteiger partial charge in [-0.3, -0.25) is 0 Å². The Morgan fingerprint density at radius 1 is 1.30 bits per heavy atom. The summed E-state index contributed by atoms with van der Waals surface area (Å²) in [5, 5.41) is 0.120. The van der Waals surface area contributed by atoms with Gasteiger partial charge >= 0.3 is 5.97 Å². The number of nitrogens with zero attached hydrogens (tertiary/aromatic N) is 1. The van der Waals surface area contributed by atoms with Gasteiger partial charge in [0.2, 0.25) is 0 Å². The number of rotatable bonds is 2. The molecule has 4 N–H and O–H groups in total. The lowest BCUT2D eigenvalue weighted by atomic mass is 10.1. The van der Waals surface area contributed by atoms with Crippen LogP contribution in [0, 0.1) is 5.82 Å². The molecule has 0 atom stereocenters. The van der Waals surface area contributed by atoms with Crippen LogP contribution in [0.5, 0.6) is 0 Å². The van der Waals surface area contributed by atoms with Crippen LogP contribution in [0.3, 0.4) is 0 Å². The van der Waals surface area contributed by atoms with Gasteiger partial charge in [0.05, 0.1) is 23.5 Å². The third-order valence-electron chi connectivity index (χ3n) is 2.71. The standard InChI is InChI=1S/C13H11ClFN3O2/c1-20-13(19)12-6(14)2-5-9(18-12)10-8(16)4-3-7(15)11(10)17/h2-5H,16-17H2,1H3. The first-order valence-electron chi connectivity index (χ1n) is 5.54. The lowest BCUT2D eigenvalue weighted by Gasteiger charge is -2.11. The van der Waals surface area contributed by atoms with E-state index >= 15 is 0 Å². The number of pyridine rings is 1. The Morgan fingerprint density at radius 3 is 2.65 bits per heavy atom. The lowest BCUT2D eigenvalue weighted by Crippen LogP contribution is -2.07. The second-order valence-corrected chi connectivity index (χ2v) is 4.35. The first-order chi connectivity index (χ1) is 9.45. The van der Waals surface area contributed by atoms with Crippen molar-refractivity contribution >= 4 is 28.9 Å². The van der Waals surface area contributed by atoms with Crippen LogP contribution >= 0.6 is 11.6 Å². The molecule has 0 aliphatic heterocycles. The van der Waals surface area contributed by atoms with Crippen molar-refractivity contribution in [2.24, 2.45) is 0 Å². The molecule has 20 heavy (non-hydrogen) atoms. The monoisotopic (exact) mass is 295 g/mol. The molecule has 104 valence electrons. The maximum atomic E-state index is 13.5. The highest BCUT2D eigenvalue weighted by Gasteiger charge is 2.18. The molecule has 1 heterocycles. The maximum Gasteiger partial charge on any atom is 0.358 e. The van der Waals surface area contributed by atoms with E-state index < -0.39 is 11.8 Å². The van der Waals surface area contributed by atoms with Gasteiger partial charge in [-0.05, 0) is 24.3 Å². The molecule has 0 aliphatic rings. The first kappa shape index (κ1) is 14.1. The molecule has 2 rings (SSSR count). The number of esters is 1. The van der Waals surface area contributed by atoms with Gasteiger partial charge in [0.15, 0.2) is 5.69 Å². The number of nitrogen functional groups attached to an aromatic ring is 2. The van der Waals surface area contributed by atoms with Crippen molar-refractivity contribution in [2.75, 3.05) is 18.6 Å². The summed E-state index contributed by atoms with van der Waals surface area (Å²) in [5.74, 6) is -1.32. The number of anilines is 2. The van der Waals surface area contributed by atoms with E-state index in [-0.39, 0.29) is 33.3 Å². The summed E-state index contributed by atoms with van der Waals surface area (Å²) in [5.41, 5.74) is 11.9. The molecule has 0 saturated carbocycles. The zero-order valence-corrected chi connectivity index (χ0v) is 11.2. The summed E-state index contributed by atoms with van der Waals surface area (Å²) < 4.78 is 18.1. The molecule has 7 heteroatoms. The highest BCUT2D eigenvalue weighted by molar-refractivity contribution is 6.33. The van der Waals surface area contributed by atoms with Gasteiger partial charge in [0.1, 0.15) is 5.82 Å².